The Balaban J connectivity index is 2.44. The third-order valence-corrected chi connectivity index (χ3v) is 5.35. The Morgan fingerprint density at radius 2 is 2.07 bits per heavy atom. The van der Waals surface area contributed by atoms with Gasteiger partial charge >= 0.3 is 11.9 Å². The first kappa shape index (κ1) is 20.9. The summed E-state index contributed by atoms with van der Waals surface area (Å²) in [6.45, 7) is 3.12. The normalized spacial score (nSPS) is 21.0. The average Bonchev–Trinajstić information content (AvgIpc) is 2.65. The van der Waals surface area contributed by atoms with Gasteiger partial charge in [-0.2, -0.15) is 11.8 Å². The molecule has 1 aliphatic heterocycles. The van der Waals surface area contributed by atoms with E-state index in [4.69, 9.17) is 14.2 Å². The summed E-state index contributed by atoms with van der Waals surface area (Å²) in [5.74, 6) is -1.54. The number of hydrogen-bond acceptors (Lipinski definition) is 8. The summed E-state index contributed by atoms with van der Waals surface area (Å²) in [6.07, 6.45) is 0. The quantitative estimate of drug-likeness (QED) is 0.721. The van der Waals surface area contributed by atoms with E-state index < -0.39 is 29.8 Å². The number of nitrogens with one attached hydrogen (secondary N) is 1. The van der Waals surface area contributed by atoms with Crippen molar-refractivity contribution < 1.29 is 33.7 Å². The zero-order chi connectivity index (χ0) is 20.1. The van der Waals surface area contributed by atoms with Gasteiger partial charge in [0.1, 0.15) is 24.1 Å². The number of benzene rings is 1. The monoisotopic (exact) mass is 397 g/mol. The lowest BCUT2D eigenvalue weighted by Crippen LogP contribution is -2.46. The van der Waals surface area contributed by atoms with Crippen LogP contribution in [0.25, 0.3) is 0 Å². The third kappa shape index (κ3) is 4.65. The van der Waals surface area contributed by atoms with Gasteiger partial charge in [0.25, 0.3) is 0 Å². The van der Waals surface area contributed by atoms with E-state index in [9.17, 15) is 19.5 Å². The Morgan fingerprint density at radius 1 is 1.37 bits per heavy atom. The summed E-state index contributed by atoms with van der Waals surface area (Å²) in [5.41, 5.74) is 1.14. The van der Waals surface area contributed by atoms with Gasteiger partial charge in [-0.15, -0.1) is 0 Å². The summed E-state index contributed by atoms with van der Waals surface area (Å²) in [6, 6.07) is 0.603. The van der Waals surface area contributed by atoms with Crippen molar-refractivity contribution in [1.82, 2.24) is 5.32 Å². The Kier molecular flexibility index (Phi) is 6.95. The van der Waals surface area contributed by atoms with Gasteiger partial charge in [0, 0.05) is 28.7 Å². The van der Waals surface area contributed by atoms with E-state index in [0.29, 0.717) is 16.9 Å². The van der Waals surface area contributed by atoms with Gasteiger partial charge < -0.3 is 24.6 Å². The van der Waals surface area contributed by atoms with E-state index in [0.717, 1.165) is 0 Å². The molecule has 1 amide bonds. The van der Waals surface area contributed by atoms with Crippen molar-refractivity contribution in [2.45, 2.75) is 25.6 Å². The van der Waals surface area contributed by atoms with E-state index in [1.165, 1.54) is 32.0 Å². The number of carbonyl (C=O) groups is 3. The van der Waals surface area contributed by atoms with Gasteiger partial charge in [-0.25, -0.2) is 9.59 Å². The van der Waals surface area contributed by atoms with Crippen LogP contribution in [-0.2, 0) is 24.8 Å². The highest BCUT2D eigenvalue weighted by Gasteiger charge is 2.28. The second kappa shape index (κ2) is 8.98. The number of hydrogen-bond donors (Lipinski definition) is 2. The number of carbonyl (C=O) groups excluding carboxylic acids is 3. The van der Waals surface area contributed by atoms with Crippen LogP contribution in [-0.4, -0.2) is 55.6 Å². The summed E-state index contributed by atoms with van der Waals surface area (Å²) in [5, 5.41) is 13.0. The summed E-state index contributed by atoms with van der Waals surface area (Å²) in [7, 11) is 2.69. The summed E-state index contributed by atoms with van der Waals surface area (Å²) >= 11 is 1.28. The highest BCUT2D eigenvalue weighted by molar-refractivity contribution is 7.98. The van der Waals surface area contributed by atoms with Crippen LogP contribution in [0.2, 0.25) is 0 Å². The predicted octanol–water partition coefficient (Wildman–Crippen LogP) is 1.41. The molecule has 2 N–H and O–H groups in total. The smallest absolute Gasteiger partial charge is 0.339 e. The average molecular weight is 397 g/mol. The standard InChI is InChI=1S/C18H23NO7S/c1-9-6-26-18(23)15-10(2)14(24-3)5-13(20)11(15)7-27-8-12(17(22)25-4)19-16(9)21/h5,9,12,20H,6-8H2,1-4H3,(H,19,21)/t9-,12+/m1/s1. The fourth-order valence-corrected chi connectivity index (χ4v) is 3.75. The van der Waals surface area contributed by atoms with Crippen molar-refractivity contribution >= 4 is 29.6 Å². The first-order valence-corrected chi connectivity index (χ1v) is 9.48. The SMILES string of the molecule is COC(=O)[C@@H]1CSCc2c(O)cc(OC)c(C)c2C(=O)OC[C@@H](C)C(=O)N1. The number of methoxy groups -OCH3 is 2. The van der Waals surface area contributed by atoms with E-state index in [1.54, 1.807) is 13.8 Å². The van der Waals surface area contributed by atoms with Crippen LogP contribution in [0.4, 0.5) is 0 Å². The predicted molar refractivity (Wildman–Crippen MR) is 99.0 cm³/mol. The molecule has 148 valence electrons. The summed E-state index contributed by atoms with van der Waals surface area (Å²) < 4.78 is 15.2. The van der Waals surface area contributed by atoms with Gasteiger partial charge in [-0.1, -0.05) is 6.92 Å². The van der Waals surface area contributed by atoms with Crippen LogP contribution >= 0.6 is 11.8 Å². The molecule has 0 radical (unpaired) electrons. The first-order valence-electron chi connectivity index (χ1n) is 8.32. The van der Waals surface area contributed by atoms with E-state index in [-0.39, 0.29) is 29.4 Å². The molecule has 1 heterocycles. The van der Waals surface area contributed by atoms with Crippen molar-refractivity contribution in [2.75, 3.05) is 26.6 Å². The van der Waals surface area contributed by atoms with Gasteiger partial charge in [0.15, 0.2) is 0 Å². The molecule has 8 nitrogen and oxygen atoms in total. The van der Waals surface area contributed by atoms with Crippen molar-refractivity contribution in [3.63, 3.8) is 0 Å². The minimum atomic E-state index is -0.838. The number of fused-ring (bicyclic) bond motifs is 1. The number of ether oxygens (including phenoxy) is 3. The number of phenols is 1. The molecule has 0 spiro atoms. The molecule has 0 saturated carbocycles. The molecule has 1 aliphatic rings. The number of amides is 1. The Hall–Kier alpha value is -2.42. The number of rotatable bonds is 2. The van der Waals surface area contributed by atoms with Crippen molar-refractivity contribution in [1.29, 1.82) is 0 Å². The highest BCUT2D eigenvalue weighted by atomic mass is 32.2. The van der Waals surface area contributed by atoms with Crippen LogP contribution in [0.5, 0.6) is 11.5 Å². The molecule has 1 aromatic carbocycles. The molecule has 0 bridgehead atoms. The fourth-order valence-electron chi connectivity index (χ4n) is 2.68. The lowest BCUT2D eigenvalue weighted by Gasteiger charge is -2.22. The van der Waals surface area contributed by atoms with Crippen LogP contribution in [0.15, 0.2) is 6.07 Å². The number of thioether (sulfide) groups is 1. The van der Waals surface area contributed by atoms with E-state index in [1.807, 2.05) is 0 Å². The lowest BCUT2D eigenvalue weighted by atomic mass is 10.0. The molecular weight excluding hydrogens is 374 g/mol. The van der Waals surface area contributed by atoms with Crippen LogP contribution in [0.3, 0.4) is 0 Å². The highest BCUT2D eigenvalue weighted by Crippen LogP contribution is 2.35. The Bertz CT molecular complexity index is 750. The first-order chi connectivity index (χ1) is 12.8. The Morgan fingerprint density at radius 3 is 2.70 bits per heavy atom. The maximum Gasteiger partial charge on any atom is 0.339 e. The molecule has 27 heavy (non-hydrogen) atoms. The topological polar surface area (TPSA) is 111 Å². The zero-order valence-corrected chi connectivity index (χ0v) is 16.5. The number of cyclic esters (lactones) is 1. The van der Waals surface area contributed by atoms with E-state index >= 15 is 0 Å². The molecule has 0 aliphatic carbocycles. The largest absolute Gasteiger partial charge is 0.507 e. The third-order valence-electron chi connectivity index (χ3n) is 4.29. The van der Waals surface area contributed by atoms with Gasteiger partial charge in [-0.05, 0) is 6.92 Å². The molecule has 2 atom stereocenters. The van der Waals surface area contributed by atoms with Crippen LogP contribution < -0.4 is 10.1 Å². The van der Waals surface area contributed by atoms with Crippen molar-refractivity contribution in [3.05, 3.63) is 22.8 Å². The molecule has 0 fully saturated rings. The van der Waals surface area contributed by atoms with Crippen molar-refractivity contribution in [2.24, 2.45) is 5.92 Å². The molecule has 0 unspecified atom stereocenters. The van der Waals surface area contributed by atoms with Gasteiger partial charge in [0.05, 0.1) is 25.7 Å². The lowest BCUT2D eigenvalue weighted by molar-refractivity contribution is -0.145. The second-order valence-corrected chi connectivity index (χ2v) is 7.21. The van der Waals surface area contributed by atoms with Gasteiger partial charge in [-0.3, -0.25) is 4.79 Å². The van der Waals surface area contributed by atoms with E-state index in [2.05, 4.69) is 5.32 Å². The van der Waals surface area contributed by atoms with Crippen molar-refractivity contribution in [3.8, 4) is 11.5 Å². The van der Waals surface area contributed by atoms with Crippen LogP contribution in [0, 0.1) is 12.8 Å². The molecule has 2 rings (SSSR count). The molecule has 0 aromatic heterocycles. The minimum Gasteiger partial charge on any atom is -0.507 e. The molecule has 0 saturated heterocycles. The molecular formula is C18H23NO7S. The van der Waals surface area contributed by atoms with Gasteiger partial charge in [0.2, 0.25) is 5.91 Å². The number of aromatic hydroxyl groups is 1. The molecule has 9 heteroatoms. The number of phenolic OH excluding ortho intramolecular Hbond substituents is 1. The second-order valence-electron chi connectivity index (χ2n) is 6.18. The number of esters is 2. The fraction of sp³-hybridized carbons (Fsp3) is 0.500. The maximum absolute atomic E-state index is 12.6. The zero-order valence-electron chi connectivity index (χ0n) is 15.7. The molecule has 1 aromatic rings. The minimum absolute atomic E-state index is 0.0966. The maximum atomic E-state index is 12.6. The summed E-state index contributed by atoms with van der Waals surface area (Å²) in [4.78, 5) is 36.8. The van der Waals surface area contributed by atoms with Crippen LogP contribution in [0.1, 0.15) is 28.4 Å². The Labute approximate surface area is 161 Å².